The van der Waals surface area contributed by atoms with E-state index in [2.05, 4.69) is 10.6 Å². The molecular formula is C26H48N6O15. The molecule has 0 spiro atoms. The van der Waals surface area contributed by atoms with Gasteiger partial charge < -0.3 is 93.4 Å². The predicted molar refractivity (Wildman–Crippen MR) is 154 cm³/mol. The van der Waals surface area contributed by atoms with Gasteiger partial charge in [0, 0.05) is 25.6 Å². The molecule has 272 valence electrons. The van der Waals surface area contributed by atoms with Crippen molar-refractivity contribution in [1.29, 1.82) is 0 Å². The number of aliphatic hydroxyl groups is 7. The normalized spacial score (nSPS) is 40.4. The van der Waals surface area contributed by atoms with Crippen LogP contribution >= 0.6 is 0 Å². The van der Waals surface area contributed by atoms with Gasteiger partial charge in [-0.3, -0.25) is 14.4 Å². The Hall–Kier alpha value is -2.19. The summed E-state index contributed by atoms with van der Waals surface area (Å²) in [6, 6.07) is -4.79. The van der Waals surface area contributed by atoms with Crippen LogP contribution in [0.15, 0.2) is 0 Å². The van der Waals surface area contributed by atoms with Gasteiger partial charge in [-0.05, 0) is 19.3 Å². The standard InChI is InChI=1S/C26H48N6O15/c27-6-12-17(37)19(39)15(30)25(44-12)46-21-9(29)5-10(16(36)22(21)47-26-20(40)18(38)13(7-33)45-26)32-23(41)11(34)3-4-31-14(35)2-1-8(28)24(42)43/h8-13,15-22,25-26,33-34,36-40H,1-7,27-30H2,(H,31,35)(H,32,41)(H,42,43)/t8?,9?,10-,11?,12?,13-,15?,16?,17-,18?,19?,20?,21-,22?,25-,26+/m1/s1. The third kappa shape index (κ3) is 9.71. The highest BCUT2D eigenvalue weighted by molar-refractivity contribution is 5.81. The fourth-order valence-corrected chi connectivity index (χ4v) is 5.53. The number of carboxylic acid groups (broad SMARTS) is 1. The van der Waals surface area contributed by atoms with Gasteiger partial charge in [0.1, 0.15) is 67.1 Å². The average Bonchev–Trinajstić information content (AvgIpc) is 3.31. The summed E-state index contributed by atoms with van der Waals surface area (Å²) in [5.41, 5.74) is 23.4. The number of hydrogen-bond acceptors (Lipinski definition) is 18. The van der Waals surface area contributed by atoms with Gasteiger partial charge in [0.2, 0.25) is 11.8 Å². The highest BCUT2D eigenvalue weighted by atomic mass is 16.7. The highest BCUT2D eigenvalue weighted by Gasteiger charge is 2.53. The van der Waals surface area contributed by atoms with E-state index in [0.717, 1.165) is 0 Å². The summed E-state index contributed by atoms with van der Waals surface area (Å²) in [7, 11) is 0. The first kappa shape index (κ1) is 39.3. The molecule has 0 radical (unpaired) electrons. The van der Waals surface area contributed by atoms with E-state index in [0.29, 0.717) is 0 Å². The number of rotatable bonds is 15. The maximum atomic E-state index is 12.8. The molecule has 0 aromatic rings. The van der Waals surface area contributed by atoms with E-state index in [9.17, 15) is 50.1 Å². The van der Waals surface area contributed by atoms with E-state index in [4.69, 9.17) is 47.0 Å². The fourth-order valence-electron chi connectivity index (χ4n) is 5.53. The number of aliphatic carboxylic acids is 1. The monoisotopic (exact) mass is 684 g/mol. The molecule has 2 heterocycles. The Kier molecular flexibility index (Phi) is 14.6. The number of nitrogens with one attached hydrogen (secondary N) is 2. The minimum atomic E-state index is -1.69. The predicted octanol–water partition coefficient (Wildman–Crippen LogP) is -8.44. The summed E-state index contributed by atoms with van der Waals surface area (Å²) < 4.78 is 22.8. The molecule has 47 heavy (non-hydrogen) atoms. The molecular weight excluding hydrogens is 636 g/mol. The zero-order valence-electron chi connectivity index (χ0n) is 25.4. The Bertz CT molecular complexity index is 1050. The van der Waals surface area contributed by atoms with Crippen LogP contribution in [0.2, 0.25) is 0 Å². The van der Waals surface area contributed by atoms with Gasteiger partial charge in [-0.2, -0.15) is 0 Å². The van der Waals surface area contributed by atoms with Crippen molar-refractivity contribution >= 4 is 17.8 Å². The van der Waals surface area contributed by atoms with Crippen molar-refractivity contribution in [3.63, 3.8) is 0 Å². The Morgan fingerprint density at radius 2 is 1.49 bits per heavy atom. The lowest BCUT2D eigenvalue weighted by atomic mass is 9.83. The van der Waals surface area contributed by atoms with Gasteiger partial charge in [-0.25, -0.2) is 0 Å². The molecule has 21 nitrogen and oxygen atoms in total. The molecule has 18 N–H and O–H groups in total. The van der Waals surface area contributed by atoms with Crippen LogP contribution in [0, 0.1) is 0 Å². The van der Waals surface area contributed by atoms with Gasteiger partial charge >= 0.3 is 5.97 Å². The Balaban J connectivity index is 1.69. The molecule has 2 amide bonds. The number of carbonyl (C=O) groups is 3. The Morgan fingerprint density at radius 3 is 2.09 bits per heavy atom. The molecule has 2 saturated heterocycles. The van der Waals surface area contributed by atoms with E-state index in [-0.39, 0.29) is 38.8 Å². The smallest absolute Gasteiger partial charge is 0.320 e. The summed E-state index contributed by atoms with van der Waals surface area (Å²) in [6.07, 6.45) is -18.5. The second kappa shape index (κ2) is 17.5. The van der Waals surface area contributed by atoms with Crippen LogP contribution in [0.25, 0.3) is 0 Å². The number of ether oxygens (including phenoxy) is 4. The largest absolute Gasteiger partial charge is 0.480 e. The lowest BCUT2D eigenvalue weighted by molar-refractivity contribution is -0.307. The second-order valence-corrected chi connectivity index (χ2v) is 11.9. The van der Waals surface area contributed by atoms with Gasteiger partial charge in [0.25, 0.3) is 0 Å². The molecule has 3 rings (SSSR count). The molecule has 16 atom stereocenters. The molecule has 10 unspecified atom stereocenters. The third-order valence-corrected chi connectivity index (χ3v) is 8.45. The van der Waals surface area contributed by atoms with Crippen molar-refractivity contribution < 1.29 is 74.2 Å². The van der Waals surface area contributed by atoms with Crippen LogP contribution in [0.1, 0.15) is 25.7 Å². The molecule has 1 saturated carbocycles. The second-order valence-electron chi connectivity index (χ2n) is 11.9. The van der Waals surface area contributed by atoms with E-state index in [1.54, 1.807) is 0 Å². The van der Waals surface area contributed by atoms with Gasteiger partial charge in [0.05, 0.1) is 18.7 Å². The quantitative estimate of drug-likeness (QED) is 0.0761. The SMILES string of the molecule is NCC1O[C@H](O[C@@H]2C(N)C[C@@H](NC(=O)C(O)CCNC(=O)CCC(N)C(=O)O)C(O)C2O[C@@H]2O[C@H](CO)C(O)C2O)C(N)C(O)[C@@H]1O. The number of carbonyl (C=O) groups excluding carboxylic acids is 2. The van der Waals surface area contributed by atoms with E-state index < -0.39 is 122 Å². The van der Waals surface area contributed by atoms with Crippen LogP contribution in [-0.4, -0.2) is 176 Å². The van der Waals surface area contributed by atoms with E-state index >= 15 is 0 Å². The summed E-state index contributed by atoms with van der Waals surface area (Å²) in [5.74, 6) is -2.75. The van der Waals surface area contributed by atoms with Crippen LogP contribution < -0.4 is 33.6 Å². The Labute approximate surface area is 269 Å². The summed E-state index contributed by atoms with van der Waals surface area (Å²) >= 11 is 0. The third-order valence-electron chi connectivity index (χ3n) is 8.45. The first-order valence-electron chi connectivity index (χ1n) is 15.2. The molecule has 21 heteroatoms. The first-order chi connectivity index (χ1) is 22.1. The summed E-state index contributed by atoms with van der Waals surface area (Å²) in [5, 5.41) is 86.2. The van der Waals surface area contributed by atoms with Crippen molar-refractivity contribution in [3.8, 4) is 0 Å². The first-order valence-corrected chi connectivity index (χ1v) is 15.2. The fraction of sp³-hybridized carbons (Fsp3) is 0.885. The molecule has 0 bridgehead atoms. The molecule has 3 aliphatic rings. The van der Waals surface area contributed by atoms with Gasteiger partial charge in [-0.15, -0.1) is 0 Å². The summed E-state index contributed by atoms with van der Waals surface area (Å²) in [6.45, 7) is -1.05. The number of hydrogen-bond donors (Lipinski definition) is 14. The number of amides is 2. The van der Waals surface area contributed by atoms with E-state index in [1.807, 2.05) is 0 Å². The molecule has 1 aliphatic carbocycles. The van der Waals surface area contributed by atoms with Crippen molar-refractivity contribution in [2.45, 2.75) is 123 Å². The summed E-state index contributed by atoms with van der Waals surface area (Å²) in [4.78, 5) is 35.5. The lowest BCUT2D eigenvalue weighted by Crippen LogP contribution is -2.69. The van der Waals surface area contributed by atoms with E-state index in [1.165, 1.54) is 0 Å². The van der Waals surface area contributed by atoms with Crippen molar-refractivity contribution in [2.24, 2.45) is 22.9 Å². The molecule has 2 aliphatic heterocycles. The number of nitrogens with two attached hydrogens (primary N) is 4. The Morgan fingerprint density at radius 1 is 0.872 bits per heavy atom. The van der Waals surface area contributed by atoms with Crippen LogP contribution in [-0.2, 0) is 33.3 Å². The van der Waals surface area contributed by atoms with Gasteiger partial charge in [0.15, 0.2) is 12.6 Å². The van der Waals surface area contributed by atoms with Crippen molar-refractivity contribution in [1.82, 2.24) is 10.6 Å². The average molecular weight is 685 g/mol. The lowest BCUT2D eigenvalue weighted by Gasteiger charge is -2.48. The molecule has 0 aromatic carbocycles. The number of aliphatic hydroxyl groups excluding tert-OH is 7. The zero-order chi connectivity index (χ0) is 35.2. The van der Waals surface area contributed by atoms with Gasteiger partial charge in [-0.1, -0.05) is 0 Å². The molecule has 3 fully saturated rings. The van der Waals surface area contributed by atoms with Crippen molar-refractivity contribution in [3.05, 3.63) is 0 Å². The van der Waals surface area contributed by atoms with Crippen molar-refractivity contribution in [2.75, 3.05) is 19.7 Å². The minimum Gasteiger partial charge on any atom is -0.480 e. The number of carboxylic acids is 1. The maximum absolute atomic E-state index is 12.8. The zero-order valence-corrected chi connectivity index (χ0v) is 25.4. The minimum absolute atomic E-state index is 0.116. The van der Waals surface area contributed by atoms with Crippen LogP contribution in [0.5, 0.6) is 0 Å². The van der Waals surface area contributed by atoms with Crippen LogP contribution in [0.3, 0.4) is 0 Å². The van der Waals surface area contributed by atoms with Crippen LogP contribution in [0.4, 0.5) is 0 Å². The topological polar surface area (TPSA) is 378 Å². The molecule has 0 aromatic heterocycles. The maximum Gasteiger partial charge on any atom is 0.320 e. The highest BCUT2D eigenvalue weighted by Crippen LogP contribution is 2.32.